The molecule has 3 aromatic heterocycles. The molecule has 8 heteroatoms. The van der Waals surface area contributed by atoms with Gasteiger partial charge in [-0.25, -0.2) is 9.97 Å². The van der Waals surface area contributed by atoms with E-state index >= 15 is 0 Å². The van der Waals surface area contributed by atoms with Crippen LogP contribution in [0.5, 0.6) is 5.75 Å². The van der Waals surface area contributed by atoms with Gasteiger partial charge >= 0.3 is 0 Å². The van der Waals surface area contributed by atoms with Crippen LogP contribution in [0.15, 0.2) is 40.8 Å². The quantitative estimate of drug-likeness (QED) is 0.453. The second-order valence-corrected chi connectivity index (χ2v) is 8.18. The Morgan fingerprint density at radius 2 is 1.89 bits per heavy atom. The van der Waals surface area contributed by atoms with Crippen LogP contribution in [0.3, 0.4) is 0 Å². The Hall–Kier alpha value is -2.45. The molecule has 3 heterocycles. The summed E-state index contributed by atoms with van der Waals surface area (Å²) in [6, 6.07) is 7.86. The van der Waals surface area contributed by atoms with Crippen LogP contribution in [0.2, 0.25) is 0 Å². The van der Waals surface area contributed by atoms with Gasteiger partial charge < -0.3 is 9.30 Å². The molecular weight excluding hydrogens is 378 g/mol. The van der Waals surface area contributed by atoms with E-state index in [9.17, 15) is 0 Å². The summed E-state index contributed by atoms with van der Waals surface area (Å²) in [5.74, 6) is 1.66. The van der Waals surface area contributed by atoms with Crippen LogP contribution in [-0.2, 0) is 6.54 Å². The Kier molecular flexibility index (Phi) is 4.84. The van der Waals surface area contributed by atoms with Gasteiger partial charge in [0.1, 0.15) is 21.9 Å². The highest BCUT2D eigenvalue weighted by Crippen LogP contribution is 2.37. The summed E-state index contributed by atoms with van der Waals surface area (Å²) in [7, 11) is 1.66. The minimum Gasteiger partial charge on any atom is -0.497 e. The molecule has 0 bridgehead atoms. The lowest BCUT2D eigenvalue weighted by Gasteiger charge is -2.08. The maximum Gasteiger partial charge on any atom is 0.197 e. The third-order valence-corrected chi connectivity index (χ3v) is 6.60. The van der Waals surface area contributed by atoms with Crippen molar-refractivity contribution in [2.45, 2.75) is 37.5 Å². The molecule has 0 atom stereocenters. The maximum absolute atomic E-state index is 5.24. The van der Waals surface area contributed by atoms with E-state index in [1.54, 1.807) is 24.8 Å². The second kappa shape index (κ2) is 7.28. The number of fused-ring (bicyclic) bond motifs is 1. The third-order valence-electron chi connectivity index (χ3n) is 4.50. The Balaban J connectivity index is 1.74. The van der Waals surface area contributed by atoms with Crippen LogP contribution < -0.4 is 4.74 Å². The molecule has 27 heavy (non-hydrogen) atoms. The molecule has 4 aromatic rings. The number of benzene rings is 1. The highest BCUT2D eigenvalue weighted by atomic mass is 32.2. The van der Waals surface area contributed by atoms with Gasteiger partial charge in [0.05, 0.1) is 7.11 Å². The number of rotatable bonds is 5. The molecular formula is C19H19N5OS2. The third kappa shape index (κ3) is 3.19. The average Bonchev–Trinajstić information content (AvgIpc) is 3.23. The average molecular weight is 398 g/mol. The zero-order valence-corrected chi connectivity index (χ0v) is 17.2. The van der Waals surface area contributed by atoms with Gasteiger partial charge in [0, 0.05) is 22.4 Å². The number of ether oxygens (including phenoxy) is 1. The molecule has 0 amide bonds. The smallest absolute Gasteiger partial charge is 0.197 e. The van der Waals surface area contributed by atoms with E-state index in [1.165, 1.54) is 22.2 Å². The summed E-state index contributed by atoms with van der Waals surface area (Å²) in [6.45, 7) is 7.10. The van der Waals surface area contributed by atoms with E-state index in [1.807, 2.05) is 24.3 Å². The molecule has 0 saturated carbocycles. The SMILES string of the molecule is CCn1c(Sc2ncnc3sc(C)c(C)c23)nnc1-c1ccc(OC)cc1. The number of hydrogen-bond acceptors (Lipinski definition) is 7. The fourth-order valence-electron chi connectivity index (χ4n) is 2.92. The van der Waals surface area contributed by atoms with Gasteiger partial charge in [-0.1, -0.05) is 0 Å². The molecule has 0 aliphatic heterocycles. The monoisotopic (exact) mass is 397 g/mol. The Bertz CT molecular complexity index is 1100. The molecule has 0 aliphatic carbocycles. The summed E-state index contributed by atoms with van der Waals surface area (Å²) < 4.78 is 7.35. The molecule has 0 radical (unpaired) electrons. The molecule has 0 saturated heterocycles. The van der Waals surface area contributed by atoms with Gasteiger partial charge in [-0.3, -0.25) is 0 Å². The molecule has 138 valence electrons. The minimum absolute atomic E-state index is 0.770. The Labute approximate surface area is 165 Å². The Morgan fingerprint density at radius 3 is 2.59 bits per heavy atom. The van der Waals surface area contributed by atoms with E-state index in [0.29, 0.717) is 0 Å². The first kappa shape index (κ1) is 17.9. The number of aryl methyl sites for hydroxylation is 2. The number of methoxy groups -OCH3 is 1. The Morgan fingerprint density at radius 1 is 1.11 bits per heavy atom. The van der Waals surface area contributed by atoms with Crippen molar-refractivity contribution in [3.8, 4) is 17.1 Å². The largest absolute Gasteiger partial charge is 0.497 e. The van der Waals surface area contributed by atoms with Gasteiger partial charge in [0.25, 0.3) is 0 Å². The van der Waals surface area contributed by atoms with E-state index in [2.05, 4.69) is 45.5 Å². The van der Waals surface area contributed by atoms with Crippen molar-refractivity contribution >= 4 is 33.3 Å². The summed E-state index contributed by atoms with van der Waals surface area (Å²) in [5.41, 5.74) is 2.24. The van der Waals surface area contributed by atoms with Crippen molar-refractivity contribution in [3.63, 3.8) is 0 Å². The molecule has 0 unspecified atom stereocenters. The molecule has 0 N–H and O–H groups in total. The summed E-state index contributed by atoms with van der Waals surface area (Å²) >= 11 is 3.24. The molecule has 1 aromatic carbocycles. The highest BCUT2D eigenvalue weighted by Gasteiger charge is 2.18. The van der Waals surface area contributed by atoms with Gasteiger partial charge in [0.2, 0.25) is 0 Å². The first-order chi connectivity index (χ1) is 13.1. The molecule has 4 rings (SSSR count). The number of thiophene rings is 1. The van der Waals surface area contributed by atoms with Crippen LogP contribution in [0, 0.1) is 13.8 Å². The molecule has 0 fully saturated rings. The molecule has 6 nitrogen and oxygen atoms in total. The standard InChI is InChI=1S/C19H19N5OS2/c1-5-24-16(13-6-8-14(25-4)9-7-13)22-23-19(24)27-18-15-11(2)12(3)26-17(15)20-10-21-18/h6-10H,5H2,1-4H3. The van der Waals surface area contributed by atoms with Crippen molar-refractivity contribution in [1.82, 2.24) is 24.7 Å². The van der Waals surface area contributed by atoms with Crippen molar-refractivity contribution < 1.29 is 4.74 Å². The first-order valence-electron chi connectivity index (χ1n) is 8.58. The summed E-state index contributed by atoms with van der Waals surface area (Å²) in [4.78, 5) is 11.2. The van der Waals surface area contributed by atoms with Gasteiger partial charge in [-0.2, -0.15) is 0 Å². The van der Waals surface area contributed by atoms with Gasteiger partial charge in [-0.15, -0.1) is 21.5 Å². The minimum atomic E-state index is 0.770. The van der Waals surface area contributed by atoms with Crippen molar-refractivity contribution in [2.24, 2.45) is 0 Å². The van der Waals surface area contributed by atoms with Crippen molar-refractivity contribution in [1.29, 1.82) is 0 Å². The van der Waals surface area contributed by atoms with Crippen LogP contribution >= 0.6 is 23.1 Å². The van der Waals surface area contributed by atoms with Gasteiger partial charge in [0.15, 0.2) is 11.0 Å². The number of hydrogen-bond donors (Lipinski definition) is 0. The highest BCUT2D eigenvalue weighted by molar-refractivity contribution is 7.99. The second-order valence-electron chi connectivity index (χ2n) is 6.02. The van der Waals surface area contributed by atoms with E-state index in [0.717, 1.165) is 44.1 Å². The van der Waals surface area contributed by atoms with Crippen LogP contribution in [-0.4, -0.2) is 31.8 Å². The molecule has 0 aliphatic rings. The summed E-state index contributed by atoms with van der Waals surface area (Å²) in [5, 5.41) is 11.7. The van der Waals surface area contributed by atoms with E-state index < -0.39 is 0 Å². The van der Waals surface area contributed by atoms with Gasteiger partial charge in [-0.05, 0) is 62.4 Å². The predicted octanol–water partition coefficient (Wildman–Crippen LogP) is 4.75. The summed E-state index contributed by atoms with van der Waals surface area (Å²) in [6.07, 6.45) is 1.62. The zero-order chi connectivity index (χ0) is 19.0. The lowest BCUT2D eigenvalue weighted by Crippen LogP contribution is -2.00. The first-order valence-corrected chi connectivity index (χ1v) is 10.2. The van der Waals surface area contributed by atoms with E-state index in [4.69, 9.17) is 4.74 Å². The topological polar surface area (TPSA) is 65.7 Å². The van der Waals surface area contributed by atoms with E-state index in [-0.39, 0.29) is 0 Å². The van der Waals surface area contributed by atoms with Crippen molar-refractivity contribution in [3.05, 3.63) is 41.0 Å². The zero-order valence-electron chi connectivity index (χ0n) is 15.6. The lowest BCUT2D eigenvalue weighted by molar-refractivity contribution is 0.415. The number of nitrogens with zero attached hydrogens (tertiary/aromatic N) is 5. The molecule has 0 spiro atoms. The van der Waals surface area contributed by atoms with Crippen LogP contribution in [0.4, 0.5) is 0 Å². The fourth-order valence-corrected chi connectivity index (χ4v) is 5.01. The van der Waals surface area contributed by atoms with Crippen molar-refractivity contribution in [2.75, 3.05) is 7.11 Å². The number of aromatic nitrogens is 5. The lowest BCUT2D eigenvalue weighted by atomic mass is 10.2. The normalized spacial score (nSPS) is 11.3. The fraction of sp³-hybridized carbons (Fsp3) is 0.263. The maximum atomic E-state index is 5.24. The van der Waals surface area contributed by atoms with Crippen LogP contribution in [0.1, 0.15) is 17.4 Å². The van der Waals surface area contributed by atoms with Crippen LogP contribution in [0.25, 0.3) is 21.6 Å². The predicted molar refractivity (Wildman–Crippen MR) is 109 cm³/mol.